The highest BCUT2D eigenvalue weighted by Gasteiger charge is 2.19. The molecule has 8 nitrogen and oxygen atoms in total. The molecule has 0 aliphatic heterocycles. The lowest BCUT2D eigenvalue weighted by atomic mass is 10.6. The Labute approximate surface area is 97.5 Å². The van der Waals surface area contributed by atoms with Crippen molar-refractivity contribution in [1.82, 2.24) is 19.9 Å². The van der Waals surface area contributed by atoms with Gasteiger partial charge < -0.3 is 14.6 Å². The van der Waals surface area contributed by atoms with E-state index in [4.69, 9.17) is 4.52 Å². The van der Waals surface area contributed by atoms with Gasteiger partial charge in [-0.05, 0) is 27.8 Å². The summed E-state index contributed by atoms with van der Waals surface area (Å²) >= 11 is 3.04. The number of nitrogens with zero attached hydrogens (tertiary/aromatic N) is 5. The Hall–Kier alpha value is -1.77. The van der Waals surface area contributed by atoms with E-state index in [1.165, 1.54) is 10.9 Å². The second-order valence-electron chi connectivity index (χ2n) is 2.99. The van der Waals surface area contributed by atoms with Gasteiger partial charge in [0.2, 0.25) is 5.89 Å². The van der Waals surface area contributed by atoms with Gasteiger partial charge in [-0.1, -0.05) is 5.16 Å². The molecule has 2 aromatic heterocycles. The van der Waals surface area contributed by atoms with Crippen LogP contribution < -0.4 is 0 Å². The summed E-state index contributed by atoms with van der Waals surface area (Å²) in [6.07, 6.45) is 1.48. The smallest absolute Gasteiger partial charge is 0.358 e. The number of rotatable bonds is 3. The van der Waals surface area contributed by atoms with Gasteiger partial charge in [0.25, 0.3) is 0 Å². The van der Waals surface area contributed by atoms with E-state index < -0.39 is 4.92 Å². The van der Waals surface area contributed by atoms with Crippen molar-refractivity contribution in [2.75, 3.05) is 0 Å². The SMILES string of the molecule is Cc1noc(Cn2cc(Br)c([N+](=O)[O-])n2)n1. The van der Waals surface area contributed by atoms with Crippen molar-refractivity contribution in [3.63, 3.8) is 0 Å². The fourth-order valence-corrected chi connectivity index (χ4v) is 1.59. The second kappa shape index (κ2) is 4.00. The molecule has 84 valence electrons. The van der Waals surface area contributed by atoms with E-state index in [0.717, 1.165) is 0 Å². The van der Waals surface area contributed by atoms with Crippen LogP contribution in [0, 0.1) is 17.0 Å². The highest BCUT2D eigenvalue weighted by atomic mass is 79.9. The number of aromatic nitrogens is 4. The molecule has 0 fully saturated rings. The van der Waals surface area contributed by atoms with Gasteiger partial charge >= 0.3 is 5.82 Å². The standard InChI is InChI=1S/C7H6BrN5O3/c1-4-9-6(16-11-4)3-12-2-5(8)7(10-12)13(14)15/h2H,3H2,1H3. The summed E-state index contributed by atoms with van der Waals surface area (Å²) in [6.45, 7) is 1.89. The predicted octanol–water partition coefficient (Wildman–Crippen LogP) is 1.29. The lowest BCUT2D eigenvalue weighted by molar-refractivity contribution is -0.390. The van der Waals surface area contributed by atoms with E-state index in [2.05, 4.69) is 31.2 Å². The minimum absolute atomic E-state index is 0.202. The van der Waals surface area contributed by atoms with E-state index in [-0.39, 0.29) is 12.4 Å². The first-order valence-electron chi connectivity index (χ1n) is 4.23. The molecule has 0 bridgehead atoms. The molecular weight excluding hydrogens is 282 g/mol. The van der Waals surface area contributed by atoms with Crippen LogP contribution in [0.3, 0.4) is 0 Å². The average molecular weight is 288 g/mol. The summed E-state index contributed by atoms with van der Waals surface area (Å²) in [7, 11) is 0. The Morgan fingerprint density at radius 1 is 1.69 bits per heavy atom. The number of hydrogen-bond donors (Lipinski definition) is 0. The monoisotopic (exact) mass is 287 g/mol. The van der Waals surface area contributed by atoms with E-state index in [1.807, 2.05) is 0 Å². The van der Waals surface area contributed by atoms with Gasteiger partial charge in [-0.2, -0.15) is 9.67 Å². The van der Waals surface area contributed by atoms with Crippen LogP contribution in [0.25, 0.3) is 0 Å². The van der Waals surface area contributed by atoms with Crippen molar-refractivity contribution in [2.45, 2.75) is 13.5 Å². The van der Waals surface area contributed by atoms with Crippen LogP contribution >= 0.6 is 15.9 Å². The molecule has 0 radical (unpaired) electrons. The van der Waals surface area contributed by atoms with Crippen LogP contribution in [-0.2, 0) is 6.54 Å². The van der Waals surface area contributed by atoms with Crippen molar-refractivity contribution < 1.29 is 9.45 Å². The highest BCUT2D eigenvalue weighted by Crippen LogP contribution is 2.22. The maximum absolute atomic E-state index is 10.5. The molecule has 0 spiro atoms. The molecule has 0 aliphatic carbocycles. The van der Waals surface area contributed by atoms with Gasteiger partial charge in [-0.25, -0.2) is 0 Å². The maximum atomic E-state index is 10.5. The molecule has 0 atom stereocenters. The van der Waals surface area contributed by atoms with Crippen LogP contribution in [-0.4, -0.2) is 24.8 Å². The molecule has 16 heavy (non-hydrogen) atoms. The quantitative estimate of drug-likeness (QED) is 0.623. The first-order valence-corrected chi connectivity index (χ1v) is 5.02. The Morgan fingerprint density at radius 2 is 2.44 bits per heavy atom. The third kappa shape index (κ3) is 2.08. The van der Waals surface area contributed by atoms with Crippen LogP contribution in [0.1, 0.15) is 11.7 Å². The van der Waals surface area contributed by atoms with Gasteiger partial charge in [0.1, 0.15) is 11.0 Å². The molecule has 0 saturated heterocycles. The van der Waals surface area contributed by atoms with Crippen LogP contribution in [0.5, 0.6) is 0 Å². The van der Waals surface area contributed by atoms with E-state index in [0.29, 0.717) is 16.2 Å². The average Bonchev–Trinajstić information content (AvgIpc) is 2.73. The fraction of sp³-hybridized carbons (Fsp3) is 0.286. The third-order valence-electron chi connectivity index (χ3n) is 1.74. The number of nitro groups is 1. The van der Waals surface area contributed by atoms with Crippen molar-refractivity contribution >= 4 is 21.7 Å². The number of hydrogen-bond acceptors (Lipinski definition) is 6. The molecule has 2 aromatic rings. The largest absolute Gasteiger partial charge is 0.404 e. The zero-order chi connectivity index (χ0) is 11.7. The molecule has 0 aromatic carbocycles. The number of halogens is 1. The third-order valence-corrected chi connectivity index (χ3v) is 2.30. The first kappa shape index (κ1) is 10.7. The Bertz CT molecular complexity index is 534. The van der Waals surface area contributed by atoms with E-state index in [1.54, 1.807) is 6.92 Å². The topological polar surface area (TPSA) is 99.9 Å². The Morgan fingerprint density at radius 3 is 2.94 bits per heavy atom. The van der Waals surface area contributed by atoms with Crippen LogP contribution in [0.15, 0.2) is 15.2 Å². The van der Waals surface area contributed by atoms with Crippen molar-refractivity contribution in [1.29, 1.82) is 0 Å². The maximum Gasteiger partial charge on any atom is 0.404 e. The zero-order valence-corrected chi connectivity index (χ0v) is 9.71. The van der Waals surface area contributed by atoms with Crippen LogP contribution in [0.2, 0.25) is 0 Å². The lowest BCUT2D eigenvalue weighted by Crippen LogP contribution is -2.01. The minimum atomic E-state index is -0.570. The van der Waals surface area contributed by atoms with Crippen molar-refractivity contribution in [3.05, 3.63) is 32.5 Å². The van der Waals surface area contributed by atoms with E-state index >= 15 is 0 Å². The Kier molecular flexibility index (Phi) is 2.69. The van der Waals surface area contributed by atoms with Crippen LogP contribution in [0.4, 0.5) is 5.82 Å². The summed E-state index contributed by atoms with van der Waals surface area (Å²) in [5, 5.41) is 17.9. The first-order chi connectivity index (χ1) is 7.56. The lowest BCUT2D eigenvalue weighted by Gasteiger charge is -1.88. The van der Waals surface area contributed by atoms with Gasteiger partial charge in [0.05, 0.1) is 11.3 Å². The molecule has 9 heteroatoms. The predicted molar refractivity (Wildman–Crippen MR) is 54.7 cm³/mol. The fourth-order valence-electron chi connectivity index (χ4n) is 1.13. The number of aryl methyl sites for hydroxylation is 1. The summed E-state index contributed by atoms with van der Waals surface area (Å²) in [6, 6.07) is 0. The van der Waals surface area contributed by atoms with Crippen molar-refractivity contribution in [3.8, 4) is 0 Å². The van der Waals surface area contributed by atoms with Crippen molar-refractivity contribution in [2.24, 2.45) is 0 Å². The summed E-state index contributed by atoms with van der Waals surface area (Å²) in [5.41, 5.74) is 0. The molecule has 0 unspecified atom stereocenters. The summed E-state index contributed by atoms with van der Waals surface area (Å²) in [4.78, 5) is 13.9. The molecular formula is C7H6BrN5O3. The molecule has 2 heterocycles. The highest BCUT2D eigenvalue weighted by molar-refractivity contribution is 9.10. The molecule has 0 aliphatic rings. The normalized spacial score (nSPS) is 10.6. The van der Waals surface area contributed by atoms with Gasteiger partial charge in [0.15, 0.2) is 5.82 Å². The van der Waals surface area contributed by atoms with Gasteiger partial charge in [0, 0.05) is 0 Å². The zero-order valence-electron chi connectivity index (χ0n) is 8.12. The van der Waals surface area contributed by atoms with Gasteiger partial charge in [-0.15, -0.1) is 0 Å². The van der Waals surface area contributed by atoms with Gasteiger partial charge in [-0.3, -0.25) is 0 Å². The Balaban J connectivity index is 2.22. The summed E-state index contributed by atoms with van der Waals surface area (Å²) < 4.78 is 6.54. The molecule has 2 rings (SSSR count). The van der Waals surface area contributed by atoms with E-state index in [9.17, 15) is 10.1 Å². The minimum Gasteiger partial charge on any atom is -0.358 e. The molecule has 0 N–H and O–H groups in total. The summed E-state index contributed by atoms with van der Waals surface area (Å²) in [5.74, 6) is 0.620. The molecule has 0 saturated carbocycles. The second-order valence-corrected chi connectivity index (χ2v) is 3.84. The molecule has 0 amide bonds.